The summed E-state index contributed by atoms with van der Waals surface area (Å²) in [5.41, 5.74) is 0.567. The number of piperidine rings is 1. The summed E-state index contributed by atoms with van der Waals surface area (Å²) in [7, 11) is 3.02. The minimum atomic E-state index is -4.72. The molecule has 0 N–H and O–H groups in total. The molecule has 11 heteroatoms. The van der Waals surface area contributed by atoms with Crippen LogP contribution in [-0.2, 0) is 13.6 Å². The van der Waals surface area contributed by atoms with Crippen molar-refractivity contribution in [3.8, 4) is 11.6 Å². The molecular formula is C22H23F3N4O4. The lowest BCUT2D eigenvalue weighted by molar-refractivity contribution is -0.274. The number of alkyl halides is 3. The minimum Gasteiger partial charge on any atom is -0.481 e. The average Bonchev–Trinajstić information content (AvgIpc) is 2.79. The van der Waals surface area contributed by atoms with Crippen molar-refractivity contribution >= 4 is 11.2 Å². The fraction of sp³-hybridized carbons (Fsp3) is 0.409. The predicted octanol–water partition coefficient (Wildman–Crippen LogP) is 2.84. The van der Waals surface area contributed by atoms with Crippen LogP contribution in [0.25, 0.3) is 11.2 Å². The molecule has 4 rings (SSSR count). The number of rotatable bonds is 5. The topological polar surface area (TPSA) is 78.6 Å². The Balaban J connectivity index is 1.50. The molecular weight excluding hydrogens is 441 g/mol. The zero-order chi connectivity index (χ0) is 23.8. The monoisotopic (exact) mass is 464 g/mol. The molecule has 0 aliphatic carbocycles. The lowest BCUT2D eigenvalue weighted by atomic mass is 10.0. The number of hydrogen-bond acceptors (Lipinski definition) is 6. The van der Waals surface area contributed by atoms with E-state index >= 15 is 0 Å². The molecule has 0 saturated carbocycles. The number of likely N-dealkylation sites (tertiary alicyclic amines) is 1. The van der Waals surface area contributed by atoms with Crippen LogP contribution >= 0.6 is 0 Å². The van der Waals surface area contributed by atoms with Crippen LogP contribution in [0.1, 0.15) is 24.4 Å². The second-order valence-electron chi connectivity index (χ2n) is 7.93. The SMILES string of the molecule is COc1ccc2c(n1)n(C1CCN(Cc3ccc(OC(F)(F)F)cc3)CC1)c(=O)c(=O)n2C. The Morgan fingerprint density at radius 3 is 2.30 bits per heavy atom. The molecule has 1 aromatic carbocycles. The molecule has 1 fully saturated rings. The van der Waals surface area contributed by atoms with Crippen LogP contribution in [0.5, 0.6) is 11.6 Å². The van der Waals surface area contributed by atoms with Gasteiger partial charge in [-0.1, -0.05) is 12.1 Å². The van der Waals surface area contributed by atoms with Crippen LogP contribution in [0.3, 0.4) is 0 Å². The maximum atomic E-state index is 12.8. The first kappa shape index (κ1) is 22.8. The van der Waals surface area contributed by atoms with Crippen molar-refractivity contribution in [1.82, 2.24) is 19.0 Å². The highest BCUT2D eigenvalue weighted by Crippen LogP contribution is 2.27. The van der Waals surface area contributed by atoms with Crippen molar-refractivity contribution in [1.29, 1.82) is 0 Å². The maximum Gasteiger partial charge on any atom is 0.573 e. The van der Waals surface area contributed by atoms with Crippen LogP contribution in [0.4, 0.5) is 13.2 Å². The second-order valence-corrected chi connectivity index (χ2v) is 7.93. The van der Waals surface area contributed by atoms with Crippen LogP contribution < -0.4 is 20.6 Å². The Morgan fingerprint density at radius 1 is 1.03 bits per heavy atom. The highest BCUT2D eigenvalue weighted by Gasteiger charge is 2.31. The van der Waals surface area contributed by atoms with Crippen molar-refractivity contribution in [2.24, 2.45) is 7.05 Å². The van der Waals surface area contributed by atoms with Crippen molar-refractivity contribution in [3.05, 3.63) is 62.7 Å². The van der Waals surface area contributed by atoms with Gasteiger partial charge in [-0.3, -0.25) is 19.1 Å². The lowest BCUT2D eigenvalue weighted by Gasteiger charge is -2.33. The highest BCUT2D eigenvalue weighted by molar-refractivity contribution is 5.71. The van der Waals surface area contributed by atoms with E-state index in [1.165, 1.54) is 35.4 Å². The largest absolute Gasteiger partial charge is 0.573 e. The summed E-state index contributed by atoms with van der Waals surface area (Å²) in [4.78, 5) is 31.9. The minimum absolute atomic E-state index is 0.202. The van der Waals surface area contributed by atoms with Gasteiger partial charge in [0.25, 0.3) is 0 Å². The molecule has 0 unspecified atom stereocenters. The third kappa shape index (κ3) is 4.87. The van der Waals surface area contributed by atoms with Gasteiger partial charge in [0.05, 0.1) is 12.6 Å². The predicted molar refractivity (Wildman–Crippen MR) is 114 cm³/mol. The van der Waals surface area contributed by atoms with Crippen molar-refractivity contribution in [2.45, 2.75) is 31.8 Å². The molecule has 0 amide bonds. The van der Waals surface area contributed by atoms with Gasteiger partial charge < -0.3 is 14.0 Å². The normalized spacial score (nSPS) is 15.7. The number of methoxy groups -OCH3 is 1. The molecule has 1 saturated heterocycles. The molecule has 0 spiro atoms. The molecule has 8 nitrogen and oxygen atoms in total. The van der Waals surface area contributed by atoms with Crippen LogP contribution in [0.15, 0.2) is 46.0 Å². The van der Waals surface area contributed by atoms with Crippen molar-refractivity contribution < 1.29 is 22.6 Å². The van der Waals surface area contributed by atoms with Gasteiger partial charge in [0.2, 0.25) is 5.88 Å². The number of aryl methyl sites for hydroxylation is 1. The summed E-state index contributed by atoms with van der Waals surface area (Å²) in [6.45, 7) is 1.86. The Kier molecular flexibility index (Phi) is 6.15. The van der Waals surface area contributed by atoms with E-state index in [1.54, 1.807) is 24.3 Å². The molecule has 0 radical (unpaired) electrons. The third-order valence-electron chi connectivity index (χ3n) is 5.82. The van der Waals surface area contributed by atoms with E-state index in [1.807, 2.05) is 0 Å². The molecule has 0 atom stereocenters. The maximum absolute atomic E-state index is 12.8. The summed E-state index contributed by atoms with van der Waals surface area (Å²) in [6.07, 6.45) is -3.48. The summed E-state index contributed by atoms with van der Waals surface area (Å²) in [5, 5.41) is 0. The van der Waals surface area contributed by atoms with E-state index in [-0.39, 0.29) is 11.8 Å². The number of hydrogen-bond donors (Lipinski definition) is 0. The lowest BCUT2D eigenvalue weighted by Crippen LogP contribution is -2.45. The Bertz CT molecular complexity index is 1260. The number of nitrogens with zero attached hydrogens (tertiary/aromatic N) is 4. The molecule has 2 aromatic heterocycles. The van der Waals surface area contributed by atoms with E-state index < -0.39 is 17.5 Å². The molecule has 0 bridgehead atoms. The molecule has 176 valence electrons. The summed E-state index contributed by atoms with van der Waals surface area (Å²) < 4.78 is 48.8. The molecule has 3 aromatic rings. The number of benzene rings is 1. The smallest absolute Gasteiger partial charge is 0.481 e. The quantitative estimate of drug-likeness (QED) is 0.541. The van der Waals surface area contributed by atoms with E-state index in [0.29, 0.717) is 49.5 Å². The molecule has 33 heavy (non-hydrogen) atoms. The van der Waals surface area contributed by atoms with E-state index in [9.17, 15) is 22.8 Å². The number of halogens is 3. The number of fused-ring (bicyclic) bond motifs is 1. The Morgan fingerprint density at radius 2 is 1.70 bits per heavy atom. The van der Waals surface area contributed by atoms with Crippen molar-refractivity contribution in [2.75, 3.05) is 20.2 Å². The van der Waals surface area contributed by atoms with E-state index in [0.717, 1.165) is 5.56 Å². The molecule has 3 heterocycles. The Hall–Kier alpha value is -3.34. The van der Waals surface area contributed by atoms with Gasteiger partial charge in [-0.2, -0.15) is 4.98 Å². The van der Waals surface area contributed by atoms with Crippen LogP contribution in [0.2, 0.25) is 0 Å². The van der Waals surface area contributed by atoms with Gasteiger partial charge in [0, 0.05) is 38.8 Å². The summed E-state index contributed by atoms with van der Waals surface area (Å²) in [5.74, 6) is 0.0921. The zero-order valence-corrected chi connectivity index (χ0v) is 18.1. The summed E-state index contributed by atoms with van der Waals surface area (Å²) in [6, 6.07) is 8.93. The average molecular weight is 464 g/mol. The first-order valence-corrected chi connectivity index (χ1v) is 10.4. The number of ether oxygens (including phenoxy) is 2. The van der Waals surface area contributed by atoms with Gasteiger partial charge >= 0.3 is 17.5 Å². The Labute approximate surface area is 186 Å². The first-order valence-electron chi connectivity index (χ1n) is 10.4. The van der Waals surface area contributed by atoms with Gasteiger partial charge in [0.1, 0.15) is 5.75 Å². The van der Waals surface area contributed by atoms with Gasteiger partial charge in [-0.05, 0) is 36.6 Å². The number of pyridine rings is 1. The van der Waals surface area contributed by atoms with Crippen molar-refractivity contribution in [3.63, 3.8) is 0 Å². The van der Waals surface area contributed by atoms with Gasteiger partial charge in [-0.25, -0.2) is 0 Å². The molecule has 1 aliphatic heterocycles. The molecule has 1 aliphatic rings. The standard InChI is InChI=1S/C22H23F3N4O4/c1-27-17-7-8-18(32-2)26-19(17)29(21(31)20(27)30)15-9-11-28(12-10-15)13-14-3-5-16(6-4-14)33-22(23,24)25/h3-8,15H,9-13H2,1-2H3. The fourth-order valence-electron chi connectivity index (χ4n) is 4.16. The first-order chi connectivity index (χ1) is 15.7. The summed E-state index contributed by atoms with van der Waals surface area (Å²) >= 11 is 0. The highest BCUT2D eigenvalue weighted by atomic mass is 19.4. The van der Waals surface area contributed by atoms with Crippen LogP contribution in [-0.4, -0.2) is 45.6 Å². The zero-order valence-electron chi connectivity index (χ0n) is 18.1. The van der Waals surface area contributed by atoms with Gasteiger partial charge in [0.15, 0.2) is 5.65 Å². The van der Waals surface area contributed by atoms with Gasteiger partial charge in [-0.15, -0.1) is 13.2 Å². The second kappa shape index (κ2) is 8.89. The third-order valence-corrected chi connectivity index (χ3v) is 5.82. The van der Waals surface area contributed by atoms with E-state index in [2.05, 4.69) is 14.6 Å². The fourth-order valence-corrected chi connectivity index (χ4v) is 4.16. The number of aromatic nitrogens is 3. The van der Waals surface area contributed by atoms with Crippen LogP contribution in [0, 0.1) is 0 Å². The van der Waals surface area contributed by atoms with E-state index in [4.69, 9.17) is 4.74 Å².